The summed E-state index contributed by atoms with van der Waals surface area (Å²) < 4.78 is 12.7. The van der Waals surface area contributed by atoms with Crippen molar-refractivity contribution in [3.8, 4) is 0 Å². The summed E-state index contributed by atoms with van der Waals surface area (Å²) in [7, 11) is -4.40. The molecule has 0 bridgehead atoms. The lowest BCUT2D eigenvalue weighted by molar-refractivity contribution is 0.316. The highest BCUT2D eigenvalue weighted by atomic mass is 28.4. The van der Waals surface area contributed by atoms with Crippen LogP contribution in [-0.4, -0.2) is 31.3 Å². The highest BCUT2D eigenvalue weighted by Gasteiger charge is 2.35. The second kappa shape index (κ2) is 9.45. The van der Waals surface area contributed by atoms with Gasteiger partial charge in [-0.25, -0.2) is 0 Å². The summed E-state index contributed by atoms with van der Waals surface area (Å²) in [5.41, 5.74) is 0. The molecule has 22 heavy (non-hydrogen) atoms. The fourth-order valence-electron chi connectivity index (χ4n) is 2.22. The van der Waals surface area contributed by atoms with Crippen LogP contribution in [0.4, 0.5) is 0 Å². The first-order valence-corrected chi connectivity index (χ1v) is 18.2. The van der Waals surface area contributed by atoms with Gasteiger partial charge in [0.2, 0.25) is 8.32 Å². The summed E-state index contributed by atoms with van der Waals surface area (Å²) in [4.78, 5) is 0. The first kappa shape index (κ1) is 22.2. The fraction of sp³-hybridized carbons (Fsp3) is 0.882. The summed E-state index contributed by atoms with van der Waals surface area (Å²) in [6.45, 7) is 21.7. The quantitative estimate of drug-likeness (QED) is 0.241. The van der Waals surface area contributed by atoms with Crippen molar-refractivity contribution in [1.82, 2.24) is 0 Å². The molecule has 0 aromatic rings. The second-order valence-electron chi connectivity index (χ2n) is 7.84. The van der Waals surface area contributed by atoms with Gasteiger partial charge in [-0.2, -0.15) is 0 Å². The van der Waals surface area contributed by atoms with Crippen molar-refractivity contribution in [2.24, 2.45) is 0 Å². The average Bonchev–Trinajstić information content (AvgIpc) is 2.48. The SMILES string of the molecule is CC[Si](C)(CC)O/C(=C\CCO[Si](C)(C)C)[Si](C)(CC)CC. The Bertz CT molecular complexity index is 340. The molecule has 0 aliphatic carbocycles. The van der Waals surface area contributed by atoms with Gasteiger partial charge in [-0.3, -0.25) is 0 Å². The van der Waals surface area contributed by atoms with E-state index >= 15 is 0 Å². The zero-order valence-electron chi connectivity index (χ0n) is 16.6. The fourth-order valence-corrected chi connectivity index (χ4v) is 7.92. The predicted molar refractivity (Wildman–Crippen MR) is 108 cm³/mol. The van der Waals surface area contributed by atoms with Crippen LogP contribution in [-0.2, 0) is 8.85 Å². The molecule has 2 nitrogen and oxygen atoms in total. The smallest absolute Gasteiger partial charge is 0.246 e. The Morgan fingerprint density at radius 3 is 1.68 bits per heavy atom. The topological polar surface area (TPSA) is 18.5 Å². The minimum absolute atomic E-state index is 0.844. The van der Waals surface area contributed by atoms with Gasteiger partial charge in [0.25, 0.3) is 0 Å². The van der Waals surface area contributed by atoms with Crippen molar-refractivity contribution in [2.45, 2.75) is 91.0 Å². The lowest BCUT2D eigenvalue weighted by atomic mass is 10.4. The monoisotopic (exact) mass is 360 g/mol. The minimum atomic E-state index is -1.57. The normalized spacial score (nSPS) is 14.3. The summed E-state index contributed by atoms with van der Waals surface area (Å²) >= 11 is 0. The molecule has 0 saturated carbocycles. The van der Waals surface area contributed by atoms with Crippen molar-refractivity contribution in [3.05, 3.63) is 11.5 Å². The lowest BCUT2D eigenvalue weighted by Crippen LogP contribution is -2.41. The van der Waals surface area contributed by atoms with Crippen molar-refractivity contribution in [1.29, 1.82) is 0 Å². The number of hydrogen-bond donors (Lipinski definition) is 0. The summed E-state index contributed by atoms with van der Waals surface area (Å²) in [6, 6.07) is 4.93. The van der Waals surface area contributed by atoms with E-state index in [1.54, 1.807) is 0 Å². The Labute approximate surface area is 143 Å². The van der Waals surface area contributed by atoms with Crippen LogP contribution in [0.15, 0.2) is 11.5 Å². The van der Waals surface area contributed by atoms with Gasteiger partial charge >= 0.3 is 0 Å². The van der Waals surface area contributed by atoms with Gasteiger partial charge in [-0.1, -0.05) is 52.4 Å². The standard InChI is InChI=1S/C17H40O2Si3/c1-10-21(8,11-2)17(19-22(9,12-3)13-4)15-14-16-18-20(5,6)7/h15H,10-14,16H2,1-9H3/b17-15+. The first-order valence-electron chi connectivity index (χ1n) is 9.09. The molecule has 0 rings (SSSR count). The van der Waals surface area contributed by atoms with Crippen molar-refractivity contribution < 1.29 is 8.85 Å². The number of hydrogen-bond acceptors (Lipinski definition) is 2. The third-order valence-electron chi connectivity index (χ3n) is 4.99. The molecule has 0 aliphatic heterocycles. The van der Waals surface area contributed by atoms with Crippen LogP contribution in [0.1, 0.15) is 34.1 Å². The number of rotatable bonds is 11. The Hall–Kier alpha value is 0.151. The van der Waals surface area contributed by atoms with E-state index in [0.29, 0.717) is 0 Å². The Balaban J connectivity index is 5.09. The second-order valence-corrected chi connectivity index (χ2v) is 21.9. The molecule has 0 fully saturated rings. The van der Waals surface area contributed by atoms with Crippen molar-refractivity contribution in [2.75, 3.05) is 6.61 Å². The van der Waals surface area contributed by atoms with Crippen LogP contribution in [0.3, 0.4) is 0 Å². The van der Waals surface area contributed by atoms with Gasteiger partial charge in [0.15, 0.2) is 8.32 Å². The van der Waals surface area contributed by atoms with Crippen LogP contribution in [0.5, 0.6) is 0 Å². The van der Waals surface area contributed by atoms with E-state index < -0.39 is 24.7 Å². The predicted octanol–water partition coefficient (Wildman–Crippen LogP) is 6.40. The van der Waals surface area contributed by atoms with Gasteiger partial charge in [-0.15, -0.1) is 0 Å². The molecule has 0 saturated heterocycles. The molecule has 0 aromatic heterocycles. The van der Waals surface area contributed by atoms with Crippen molar-refractivity contribution in [3.63, 3.8) is 0 Å². The third-order valence-corrected chi connectivity index (χ3v) is 14.6. The van der Waals surface area contributed by atoms with Gasteiger partial charge in [0.05, 0.1) is 5.38 Å². The third kappa shape index (κ3) is 7.62. The maximum absolute atomic E-state index is 6.73. The van der Waals surface area contributed by atoms with E-state index in [0.717, 1.165) is 13.0 Å². The Morgan fingerprint density at radius 2 is 1.32 bits per heavy atom. The molecule has 0 unspecified atom stereocenters. The van der Waals surface area contributed by atoms with E-state index in [4.69, 9.17) is 8.85 Å². The van der Waals surface area contributed by atoms with Crippen LogP contribution in [0, 0.1) is 0 Å². The molecule has 0 radical (unpaired) electrons. The van der Waals surface area contributed by atoms with Crippen LogP contribution in [0.25, 0.3) is 0 Å². The molecule has 0 heterocycles. The Morgan fingerprint density at radius 1 is 0.818 bits per heavy atom. The zero-order chi connectivity index (χ0) is 17.4. The van der Waals surface area contributed by atoms with Gasteiger partial charge < -0.3 is 8.85 Å². The molecule has 0 atom stereocenters. The van der Waals surface area contributed by atoms with E-state index in [2.05, 4.69) is 66.5 Å². The molecular weight excluding hydrogens is 320 g/mol. The molecule has 0 aliphatic rings. The molecule has 0 aromatic carbocycles. The summed E-state index contributed by atoms with van der Waals surface area (Å²) in [5, 5.41) is 1.37. The molecule has 0 spiro atoms. The van der Waals surface area contributed by atoms with Crippen LogP contribution >= 0.6 is 0 Å². The molecule has 5 heteroatoms. The largest absolute Gasteiger partial charge is 0.551 e. The first-order chi connectivity index (χ1) is 10.1. The summed E-state index contributed by atoms with van der Waals surface area (Å²) in [6.07, 6.45) is 3.38. The highest BCUT2D eigenvalue weighted by Crippen LogP contribution is 2.31. The zero-order valence-corrected chi connectivity index (χ0v) is 19.6. The maximum atomic E-state index is 6.73. The molecule has 0 N–H and O–H groups in total. The van der Waals surface area contributed by atoms with Crippen LogP contribution in [0.2, 0.25) is 56.9 Å². The minimum Gasteiger partial charge on any atom is -0.551 e. The van der Waals surface area contributed by atoms with Crippen molar-refractivity contribution >= 4 is 24.7 Å². The lowest BCUT2D eigenvalue weighted by Gasteiger charge is -2.36. The van der Waals surface area contributed by atoms with Crippen LogP contribution < -0.4 is 0 Å². The van der Waals surface area contributed by atoms with Gasteiger partial charge in [0.1, 0.15) is 8.07 Å². The summed E-state index contributed by atoms with van der Waals surface area (Å²) in [5.74, 6) is 0. The van der Waals surface area contributed by atoms with E-state index in [-0.39, 0.29) is 0 Å². The molecule has 0 amide bonds. The average molecular weight is 361 g/mol. The van der Waals surface area contributed by atoms with Gasteiger partial charge in [-0.05, 0) is 44.7 Å². The van der Waals surface area contributed by atoms with E-state index in [1.807, 2.05) is 0 Å². The van der Waals surface area contributed by atoms with E-state index in [9.17, 15) is 0 Å². The Kier molecular flexibility index (Phi) is 9.51. The van der Waals surface area contributed by atoms with E-state index in [1.165, 1.54) is 29.6 Å². The molecular formula is C17H40O2Si3. The molecule has 132 valence electrons. The maximum Gasteiger partial charge on any atom is 0.246 e. The van der Waals surface area contributed by atoms with Gasteiger partial charge in [0, 0.05) is 6.61 Å². The highest BCUT2D eigenvalue weighted by molar-refractivity contribution is 6.86.